The summed E-state index contributed by atoms with van der Waals surface area (Å²) in [6, 6.07) is 14.2. The molecule has 0 unspecified atom stereocenters. The number of nitrogens with two attached hydrogens (primary N) is 1. The van der Waals surface area contributed by atoms with Gasteiger partial charge in [0.15, 0.2) is 0 Å². The zero-order valence-corrected chi connectivity index (χ0v) is 10.7. The molecule has 0 aliphatic carbocycles. The maximum atomic E-state index is 11.3. The van der Waals surface area contributed by atoms with E-state index in [4.69, 9.17) is 5.14 Å². The first-order valence-corrected chi connectivity index (χ1v) is 7.17. The normalized spacial score (nSPS) is 11.8. The van der Waals surface area contributed by atoms with Crippen LogP contribution in [0.4, 0.5) is 0 Å². The minimum atomic E-state index is -3.70. The highest BCUT2D eigenvalue weighted by molar-refractivity contribution is 7.89. The number of aromatic nitrogens is 2. The van der Waals surface area contributed by atoms with E-state index in [0.717, 1.165) is 5.56 Å². The largest absolute Gasteiger partial charge is 0.338 e. The van der Waals surface area contributed by atoms with Crippen LogP contribution in [0.2, 0.25) is 0 Å². The molecule has 0 saturated heterocycles. The summed E-state index contributed by atoms with van der Waals surface area (Å²) in [6.07, 6.45) is 0. The van der Waals surface area contributed by atoms with Gasteiger partial charge in [-0.1, -0.05) is 30.3 Å². The third-order valence-electron chi connectivity index (χ3n) is 2.83. The SMILES string of the molecule is NS(=O)(=O)c1ccc2nc(-c3ccccc3)[nH]c2c1. The van der Waals surface area contributed by atoms with Gasteiger partial charge in [-0.25, -0.2) is 18.5 Å². The van der Waals surface area contributed by atoms with Gasteiger partial charge in [0.1, 0.15) is 5.82 Å². The highest BCUT2D eigenvalue weighted by Crippen LogP contribution is 2.22. The minimum Gasteiger partial charge on any atom is -0.338 e. The van der Waals surface area contributed by atoms with Crippen molar-refractivity contribution in [3.63, 3.8) is 0 Å². The Balaban J connectivity index is 2.17. The standard InChI is InChI=1S/C13H11N3O2S/c14-19(17,18)10-6-7-11-12(8-10)16-13(15-11)9-4-2-1-3-5-9/h1-8H,(H,15,16)(H2,14,17,18). The number of hydrogen-bond acceptors (Lipinski definition) is 3. The van der Waals surface area contributed by atoms with E-state index >= 15 is 0 Å². The predicted molar refractivity (Wildman–Crippen MR) is 72.9 cm³/mol. The Labute approximate surface area is 110 Å². The molecule has 2 aromatic carbocycles. The predicted octanol–water partition coefficient (Wildman–Crippen LogP) is 1.88. The van der Waals surface area contributed by atoms with Crippen LogP contribution in [0.15, 0.2) is 53.4 Å². The van der Waals surface area contributed by atoms with Crippen LogP contribution in [0.5, 0.6) is 0 Å². The lowest BCUT2D eigenvalue weighted by Crippen LogP contribution is -2.11. The van der Waals surface area contributed by atoms with E-state index in [0.29, 0.717) is 16.9 Å². The molecule has 0 aliphatic heterocycles. The molecule has 0 aliphatic rings. The molecule has 6 heteroatoms. The second kappa shape index (κ2) is 4.18. The van der Waals surface area contributed by atoms with E-state index < -0.39 is 10.0 Å². The number of primary sulfonamides is 1. The van der Waals surface area contributed by atoms with Gasteiger partial charge in [0, 0.05) is 5.56 Å². The molecule has 0 amide bonds. The molecule has 0 atom stereocenters. The highest BCUT2D eigenvalue weighted by atomic mass is 32.2. The van der Waals surface area contributed by atoms with Gasteiger partial charge in [-0.2, -0.15) is 0 Å². The van der Waals surface area contributed by atoms with E-state index in [1.165, 1.54) is 12.1 Å². The van der Waals surface area contributed by atoms with E-state index in [1.807, 2.05) is 30.3 Å². The van der Waals surface area contributed by atoms with Crippen LogP contribution < -0.4 is 5.14 Å². The maximum Gasteiger partial charge on any atom is 0.238 e. The molecule has 0 saturated carbocycles. The molecule has 5 nitrogen and oxygen atoms in total. The Morgan fingerprint density at radius 2 is 1.79 bits per heavy atom. The van der Waals surface area contributed by atoms with Crippen LogP contribution in [0, 0.1) is 0 Å². The van der Waals surface area contributed by atoms with Gasteiger partial charge in [0.2, 0.25) is 10.0 Å². The van der Waals surface area contributed by atoms with Gasteiger partial charge in [-0.05, 0) is 18.2 Å². The summed E-state index contributed by atoms with van der Waals surface area (Å²) in [5.74, 6) is 0.696. The Hall–Kier alpha value is -2.18. The molecule has 0 bridgehead atoms. The number of fused-ring (bicyclic) bond motifs is 1. The van der Waals surface area contributed by atoms with Crippen LogP contribution in [0.3, 0.4) is 0 Å². The number of rotatable bonds is 2. The van der Waals surface area contributed by atoms with Gasteiger partial charge in [-0.15, -0.1) is 0 Å². The summed E-state index contributed by atoms with van der Waals surface area (Å²) in [5.41, 5.74) is 2.28. The number of nitrogens with zero attached hydrogens (tertiary/aromatic N) is 1. The van der Waals surface area contributed by atoms with Gasteiger partial charge in [0.25, 0.3) is 0 Å². The molecular formula is C13H11N3O2S. The van der Waals surface area contributed by atoms with E-state index in [2.05, 4.69) is 9.97 Å². The zero-order chi connectivity index (χ0) is 13.5. The Morgan fingerprint density at radius 3 is 2.47 bits per heavy atom. The number of nitrogens with one attached hydrogen (secondary N) is 1. The van der Waals surface area contributed by atoms with Crippen LogP contribution >= 0.6 is 0 Å². The molecule has 19 heavy (non-hydrogen) atoms. The van der Waals surface area contributed by atoms with Crippen molar-refractivity contribution >= 4 is 21.1 Å². The third-order valence-corrected chi connectivity index (χ3v) is 3.74. The highest BCUT2D eigenvalue weighted by Gasteiger charge is 2.11. The van der Waals surface area contributed by atoms with Crippen molar-refractivity contribution in [1.29, 1.82) is 0 Å². The molecule has 0 spiro atoms. The van der Waals surface area contributed by atoms with Gasteiger partial charge in [0.05, 0.1) is 15.9 Å². The fourth-order valence-electron chi connectivity index (χ4n) is 1.90. The summed E-state index contributed by atoms with van der Waals surface area (Å²) in [4.78, 5) is 7.58. The molecular weight excluding hydrogens is 262 g/mol. The Morgan fingerprint density at radius 1 is 1.05 bits per heavy atom. The lowest BCUT2D eigenvalue weighted by atomic mass is 10.2. The monoisotopic (exact) mass is 273 g/mol. The zero-order valence-electron chi connectivity index (χ0n) is 9.87. The number of sulfonamides is 1. The number of imidazole rings is 1. The van der Waals surface area contributed by atoms with E-state index in [-0.39, 0.29) is 4.90 Å². The smallest absolute Gasteiger partial charge is 0.238 e. The summed E-state index contributed by atoms with van der Waals surface area (Å²) in [5, 5.41) is 5.10. The van der Waals surface area contributed by atoms with Crippen LogP contribution in [0.25, 0.3) is 22.4 Å². The minimum absolute atomic E-state index is 0.0725. The van der Waals surface area contributed by atoms with Gasteiger partial charge < -0.3 is 4.98 Å². The lowest BCUT2D eigenvalue weighted by Gasteiger charge is -1.96. The van der Waals surface area contributed by atoms with Crippen LogP contribution in [-0.4, -0.2) is 18.4 Å². The topological polar surface area (TPSA) is 88.8 Å². The molecule has 1 heterocycles. The summed E-state index contributed by atoms with van der Waals surface area (Å²) in [6.45, 7) is 0. The first-order chi connectivity index (χ1) is 9.04. The van der Waals surface area contributed by atoms with Crippen molar-refractivity contribution < 1.29 is 8.42 Å². The molecule has 3 aromatic rings. The molecule has 3 rings (SSSR count). The first kappa shape index (κ1) is 11.9. The average Bonchev–Trinajstić information content (AvgIpc) is 2.81. The van der Waals surface area contributed by atoms with E-state index in [1.54, 1.807) is 6.07 Å². The van der Waals surface area contributed by atoms with Crippen molar-refractivity contribution in [3.05, 3.63) is 48.5 Å². The quantitative estimate of drug-likeness (QED) is 0.747. The van der Waals surface area contributed by atoms with Crippen molar-refractivity contribution in [2.24, 2.45) is 5.14 Å². The van der Waals surface area contributed by atoms with Crippen LogP contribution in [0.1, 0.15) is 0 Å². The Bertz CT molecular complexity index is 839. The molecule has 3 N–H and O–H groups in total. The van der Waals surface area contributed by atoms with Crippen molar-refractivity contribution in [2.45, 2.75) is 4.90 Å². The number of H-pyrrole nitrogens is 1. The van der Waals surface area contributed by atoms with Crippen molar-refractivity contribution in [1.82, 2.24) is 9.97 Å². The number of aromatic amines is 1. The second-order valence-electron chi connectivity index (χ2n) is 4.18. The summed E-state index contributed by atoms with van der Waals surface area (Å²) in [7, 11) is -3.70. The van der Waals surface area contributed by atoms with Crippen LogP contribution in [-0.2, 0) is 10.0 Å². The van der Waals surface area contributed by atoms with Crippen molar-refractivity contribution in [2.75, 3.05) is 0 Å². The first-order valence-electron chi connectivity index (χ1n) is 5.62. The summed E-state index contributed by atoms with van der Waals surface area (Å²) < 4.78 is 22.6. The fraction of sp³-hybridized carbons (Fsp3) is 0. The maximum absolute atomic E-state index is 11.3. The number of hydrogen-bond donors (Lipinski definition) is 2. The fourth-order valence-corrected chi connectivity index (χ4v) is 2.44. The molecule has 96 valence electrons. The Kier molecular flexibility index (Phi) is 2.62. The second-order valence-corrected chi connectivity index (χ2v) is 5.74. The van der Waals surface area contributed by atoms with Gasteiger partial charge in [-0.3, -0.25) is 0 Å². The van der Waals surface area contributed by atoms with Gasteiger partial charge >= 0.3 is 0 Å². The molecule has 0 radical (unpaired) electrons. The molecule has 1 aromatic heterocycles. The molecule has 0 fully saturated rings. The van der Waals surface area contributed by atoms with E-state index in [9.17, 15) is 8.42 Å². The number of benzene rings is 2. The summed E-state index contributed by atoms with van der Waals surface area (Å²) >= 11 is 0. The third kappa shape index (κ3) is 2.23. The van der Waals surface area contributed by atoms with Crippen molar-refractivity contribution in [3.8, 4) is 11.4 Å². The lowest BCUT2D eigenvalue weighted by molar-refractivity contribution is 0.598. The average molecular weight is 273 g/mol.